The van der Waals surface area contributed by atoms with Crippen LogP contribution in [0.5, 0.6) is 0 Å². The molecule has 7 heteroatoms. The number of rotatable bonds is 5. The number of nitrogens with zero attached hydrogens (tertiary/aromatic N) is 1. The second-order valence-electron chi connectivity index (χ2n) is 6.53. The smallest absolute Gasteiger partial charge is 0.416 e. The van der Waals surface area contributed by atoms with Gasteiger partial charge in [-0.2, -0.15) is 13.2 Å². The molecule has 27 heavy (non-hydrogen) atoms. The molecule has 2 aromatic carbocycles. The van der Waals surface area contributed by atoms with E-state index in [-0.39, 0.29) is 0 Å². The highest BCUT2D eigenvalue weighted by Gasteiger charge is 2.38. The zero-order valence-electron chi connectivity index (χ0n) is 14.7. The maximum Gasteiger partial charge on any atom is 0.416 e. The first-order valence-electron chi connectivity index (χ1n) is 8.61. The van der Waals surface area contributed by atoms with E-state index in [0.717, 1.165) is 22.6 Å². The van der Waals surface area contributed by atoms with E-state index >= 15 is 0 Å². The number of hydrogen-bond acceptors (Lipinski definition) is 3. The average molecular weight is 395 g/mol. The summed E-state index contributed by atoms with van der Waals surface area (Å²) in [7, 11) is 0. The lowest BCUT2D eigenvalue weighted by atomic mass is 9.95. The summed E-state index contributed by atoms with van der Waals surface area (Å²) >= 11 is 1.57. The van der Waals surface area contributed by atoms with Crippen molar-refractivity contribution in [3.05, 3.63) is 65.2 Å². The second kappa shape index (κ2) is 7.94. The Morgan fingerprint density at radius 1 is 1.19 bits per heavy atom. The molecule has 1 saturated heterocycles. The number of thioether (sulfide) groups is 1. The van der Waals surface area contributed by atoms with Crippen LogP contribution >= 0.6 is 11.8 Å². The van der Waals surface area contributed by atoms with E-state index in [1.807, 2.05) is 30.5 Å². The van der Waals surface area contributed by atoms with Crippen molar-refractivity contribution >= 4 is 17.7 Å². The van der Waals surface area contributed by atoms with Crippen molar-refractivity contribution in [2.24, 2.45) is 0 Å². The van der Waals surface area contributed by atoms with Gasteiger partial charge in [-0.25, -0.2) is 0 Å². The van der Waals surface area contributed by atoms with Gasteiger partial charge in [0.2, 0.25) is 0 Å². The van der Waals surface area contributed by atoms with Gasteiger partial charge in [0.1, 0.15) is 6.04 Å². The van der Waals surface area contributed by atoms with E-state index < -0.39 is 29.8 Å². The maximum atomic E-state index is 13.2. The van der Waals surface area contributed by atoms with Crippen molar-refractivity contribution in [1.82, 2.24) is 4.90 Å². The number of aliphatic carboxylic acids is 1. The van der Waals surface area contributed by atoms with Gasteiger partial charge in [-0.1, -0.05) is 24.3 Å². The third kappa shape index (κ3) is 4.30. The van der Waals surface area contributed by atoms with Gasteiger partial charge in [0.15, 0.2) is 0 Å². The number of likely N-dealkylation sites (tertiary alicyclic amines) is 1. The van der Waals surface area contributed by atoms with Crippen LogP contribution in [-0.4, -0.2) is 34.8 Å². The van der Waals surface area contributed by atoms with Gasteiger partial charge in [0, 0.05) is 11.4 Å². The van der Waals surface area contributed by atoms with Gasteiger partial charge in [-0.15, -0.1) is 11.8 Å². The van der Waals surface area contributed by atoms with Gasteiger partial charge in [-0.05, 0) is 54.5 Å². The van der Waals surface area contributed by atoms with Crippen LogP contribution in [0, 0.1) is 0 Å². The van der Waals surface area contributed by atoms with Crippen molar-refractivity contribution in [3.63, 3.8) is 0 Å². The lowest BCUT2D eigenvalue weighted by Crippen LogP contribution is -2.39. The van der Waals surface area contributed by atoms with Crippen LogP contribution in [0.25, 0.3) is 0 Å². The molecule has 1 aliphatic heterocycles. The molecule has 3 rings (SSSR count). The van der Waals surface area contributed by atoms with Crippen LogP contribution in [0.3, 0.4) is 0 Å². The Kier molecular flexibility index (Phi) is 5.81. The molecule has 1 N–H and O–H groups in total. The molecule has 0 amide bonds. The standard InChI is InChI=1S/C20H20F3NO2S/c1-27-16-9-7-13(8-10-16)18(24-11-3-6-17(24)19(25)26)14-4-2-5-15(12-14)20(21,22)23/h2,4-5,7-10,12,17-18H,3,6,11H2,1H3,(H,25,26). The number of benzene rings is 2. The molecule has 3 nitrogen and oxygen atoms in total. The van der Waals surface area contributed by atoms with Crippen molar-refractivity contribution < 1.29 is 23.1 Å². The number of carbonyl (C=O) groups is 1. The number of carboxylic acids is 1. The van der Waals surface area contributed by atoms with Crippen molar-refractivity contribution in [3.8, 4) is 0 Å². The van der Waals surface area contributed by atoms with Gasteiger partial charge in [-0.3, -0.25) is 9.69 Å². The molecule has 0 aliphatic carbocycles. The molecule has 0 spiro atoms. The Labute approximate surface area is 160 Å². The fraction of sp³-hybridized carbons (Fsp3) is 0.350. The van der Waals surface area contributed by atoms with Crippen LogP contribution in [0.2, 0.25) is 0 Å². The highest BCUT2D eigenvalue weighted by atomic mass is 32.2. The molecule has 2 aromatic rings. The molecule has 0 saturated carbocycles. The quantitative estimate of drug-likeness (QED) is 0.718. The minimum Gasteiger partial charge on any atom is -0.480 e. The Hall–Kier alpha value is -1.99. The van der Waals surface area contributed by atoms with E-state index in [0.29, 0.717) is 24.9 Å². The average Bonchev–Trinajstić information content (AvgIpc) is 3.12. The molecule has 1 aliphatic rings. The first-order chi connectivity index (χ1) is 12.8. The third-order valence-electron chi connectivity index (χ3n) is 4.87. The van der Waals surface area contributed by atoms with Crippen molar-refractivity contribution in [1.29, 1.82) is 0 Å². The molecule has 1 heterocycles. The van der Waals surface area contributed by atoms with Crippen LogP contribution < -0.4 is 0 Å². The molecule has 0 radical (unpaired) electrons. The summed E-state index contributed by atoms with van der Waals surface area (Å²) in [5, 5.41) is 9.57. The van der Waals surface area contributed by atoms with E-state index in [1.165, 1.54) is 6.07 Å². The minimum atomic E-state index is -4.44. The predicted molar refractivity (Wildman–Crippen MR) is 98.9 cm³/mol. The van der Waals surface area contributed by atoms with E-state index in [1.54, 1.807) is 22.7 Å². The molecule has 2 atom stereocenters. The van der Waals surface area contributed by atoms with Gasteiger partial charge in [0.05, 0.1) is 11.6 Å². The fourth-order valence-corrected chi connectivity index (χ4v) is 4.02. The second-order valence-corrected chi connectivity index (χ2v) is 7.41. The SMILES string of the molecule is CSc1ccc(C(c2cccc(C(F)(F)F)c2)N2CCCC2C(=O)O)cc1. The first-order valence-corrected chi connectivity index (χ1v) is 9.83. The van der Waals surface area contributed by atoms with Gasteiger partial charge in [0.25, 0.3) is 0 Å². The van der Waals surface area contributed by atoms with Crippen molar-refractivity contribution in [2.45, 2.75) is 36.0 Å². The number of hydrogen-bond donors (Lipinski definition) is 1. The van der Waals surface area contributed by atoms with E-state index in [2.05, 4.69) is 0 Å². The molecule has 1 fully saturated rings. The Balaban J connectivity index is 2.08. The lowest BCUT2D eigenvalue weighted by molar-refractivity contribution is -0.143. The Morgan fingerprint density at radius 2 is 1.89 bits per heavy atom. The van der Waals surface area contributed by atoms with Crippen LogP contribution in [-0.2, 0) is 11.0 Å². The third-order valence-corrected chi connectivity index (χ3v) is 5.62. The van der Waals surface area contributed by atoms with E-state index in [4.69, 9.17) is 0 Å². The highest BCUT2D eigenvalue weighted by molar-refractivity contribution is 7.98. The minimum absolute atomic E-state index is 0.454. The van der Waals surface area contributed by atoms with Gasteiger partial charge >= 0.3 is 12.1 Å². The zero-order chi connectivity index (χ0) is 19.6. The highest BCUT2D eigenvalue weighted by Crippen LogP contribution is 2.38. The first kappa shape index (κ1) is 19.8. The summed E-state index contributed by atoms with van der Waals surface area (Å²) in [6.45, 7) is 0.530. The molecule has 2 unspecified atom stereocenters. The maximum absolute atomic E-state index is 13.2. The normalized spacial score (nSPS) is 19.2. The summed E-state index contributed by atoms with van der Waals surface area (Å²) in [6, 6.07) is 11.5. The summed E-state index contributed by atoms with van der Waals surface area (Å²) in [6.07, 6.45) is -1.30. The fourth-order valence-electron chi connectivity index (χ4n) is 3.61. The molecule has 0 aromatic heterocycles. The van der Waals surface area contributed by atoms with E-state index in [9.17, 15) is 23.1 Å². The van der Waals surface area contributed by atoms with Crippen LogP contribution in [0.15, 0.2) is 53.4 Å². The predicted octanol–water partition coefficient (Wildman–Crippen LogP) is 5.07. The summed E-state index contributed by atoms with van der Waals surface area (Å²) < 4.78 is 39.6. The number of alkyl halides is 3. The summed E-state index contributed by atoms with van der Waals surface area (Å²) in [5.41, 5.74) is 0.520. The monoisotopic (exact) mass is 395 g/mol. The zero-order valence-corrected chi connectivity index (χ0v) is 15.6. The molecule has 144 valence electrons. The molecular weight excluding hydrogens is 375 g/mol. The number of halogens is 3. The van der Waals surface area contributed by atoms with Crippen molar-refractivity contribution in [2.75, 3.05) is 12.8 Å². The topological polar surface area (TPSA) is 40.5 Å². The Bertz CT molecular complexity index is 808. The van der Waals surface area contributed by atoms with Crippen LogP contribution in [0.4, 0.5) is 13.2 Å². The molecular formula is C20H20F3NO2S. The summed E-state index contributed by atoms with van der Waals surface area (Å²) in [4.78, 5) is 14.5. The molecule has 0 bridgehead atoms. The lowest BCUT2D eigenvalue weighted by Gasteiger charge is -2.32. The summed E-state index contributed by atoms with van der Waals surface area (Å²) in [5.74, 6) is -0.940. The van der Waals surface area contributed by atoms with Crippen LogP contribution in [0.1, 0.15) is 35.6 Å². The Morgan fingerprint density at radius 3 is 2.48 bits per heavy atom. The largest absolute Gasteiger partial charge is 0.480 e. The number of carboxylic acid groups (broad SMARTS) is 1. The van der Waals surface area contributed by atoms with Gasteiger partial charge < -0.3 is 5.11 Å².